The zero-order valence-corrected chi connectivity index (χ0v) is 11.9. The lowest BCUT2D eigenvalue weighted by molar-refractivity contribution is -0.119. The molecule has 19 heavy (non-hydrogen) atoms. The lowest BCUT2D eigenvalue weighted by Gasteiger charge is -2.19. The number of anilines is 1. The van der Waals surface area contributed by atoms with Gasteiger partial charge in [-0.2, -0.15) is 0 Å². The monoisotopic (exact) mass is 306 g/mol. The van der Waals surface area contributed by atoms with Gasteiger partial charge in [-0.05, 0) is 24.1 Å². The number of aliphatic hydroxyl groups excluding tert-OH is 2. The van der Waals surface area contributed by atoms with Crippen LogP contribution in [0.1, 0.15) is 25.0 Å². The molecule has 0 saturated carbocycles. The molecule has 0 saturated heterocycles. The molecule has 1 amide bonds. The third-order valence-corrected chi connectivity index (χ3v) is 3.25. The Kier molecular flexibility index (Phi) is 5.87. The van der Waals surface area contributed by atoms with E-state index in [2.05, 4.69) is 5.32 Å². The summed E-state index contributed by atoms with van der Waals surface area (Å²) >= 11 is 11.7. The number of hydrogen-bond acceptors (Lipinski definition) is 4. The molecule has 0 radical (unpaired) electrons. The van der Waals surface area contributed by atoms with Crippen molar-refractivity contribution in [3.8, 4) is 0 Å². The van der Waals surface area contributed by atoms with Gasteiger partial charge in [0.25, 0.3) is 0 Å². The Labute approximate surface area is 121 Å². The summed E-state index contributed by atoms with van der Waals surface area (Å²) in [5, 5.41) is 22.8. The number of nitrogen functional groups attached to an aromatic ring is 1. The summed E-state index contributed by atoms with van der Waals surface area (Å²) in [7, 11) is 0. The molecule has 5 nitrogen and oxygen atoms in total. The summed E-state index contributed by atoms with van der Waals surface area (Å²) in [6, 6.07) is 2.91. The lowest BCUT2D eigenvalue weighted by atomic mass is 10.0. The molecule has 106 valence electrons. The number of rotatable bonds is 5. The molecule has 0 heterocycles. The van der Waals surface area contributed by atoms with Crippen molar-refractivity contribution in [1.29, 1.82) is 0 Å². The van der Waals surface area contributed by atoms with E-state index in [-0.39, 0.29) is 34.6 Å². The Bertz CT molecular complexity index is 445. The van der Waals surface area contributed by atoms with Gasteiger partial charge in [-0.15, -0.1) is 0 Å². The number of aliphatic hydroxyl groups is 2. The molecule has 5 N–H and O–H groups in total. The van der Waals surface area contributed by atoms with E-state index in [4.69, 9.17) is 28.9 Å². The SMILES string of the molecule is CC(=O)NCCC(O)C(O)c1cc(Cl)c(N)c(Cl)c1. The molecule has 1 rings (SSSR count). The molecule has 1 aromatic carbocycles. The number of amides is 1. The van der Waals surface area contributed by atoms with Crippen LogP contribution in [0.4, 0.5) is 5.69 Å². The highest BCUT2D eigenvalue weighted by Crippen LogP contribution is 2.32. The third-order valence-electron chi connectivity index (χ3n) is 2.62. The lowest BCUT2D eigenvalue weighted by Crippen LogP contribution is -2.27. The highest BCUT2D eigenvalue weighted by Gasteiger charge is 2.20. The van der Waals surface area contributed by atoms with Crippen molar-refractivity contribution in [1.82, 2.24) is 5.32 Å². The first-order valence-corrected chi connectivity index (χ1v) is 6.43. The van der Waals surface area contributed by atoms with Crippen LogP contribution in [-0.2, 0) is 4.79 Å². The molecule has 2 unspecified atom stereocenters. The van der Waals surface area contributed by atoms with Crippen LogP contribution >= 0.6 is 23.2 Å². The van der Waals surface area contributed by atoms with Gasteiger partial charge in [0.1, 0.15) is 6.10 Å². The van der Waals surface area contributed by atoms with Gasteiger partial charge in [-0.1, -0.05) is 23.2 Å². The van der Waals surface area contributed by atoms with E-state index in [1.165, 1.54) is 19.1 Å². The standard InChI is InChI=1S/C12H16Cl2N2O3/c1-6(17)16-3-2-10(18)12(19)7-4-8(13)11(15)9(14)5-7/h4-5,10,12,18-19H,2-3,15H2,1H3,(H,16,17). The average Bonchev–Trinajstić information content (AvgIpc) is 2.33. The second kappa shape index (κ2) is 6.96. The van der Waals surface area contributed by atoms with Gasteiger partial charge in [0.15, 0.2) is 0 Å². The molecule has 0 aliphatic heterocycles. The first-order valence-electron chi connectivity index (χ1n) is 5.68. The maximum atomic E-state index is 10.7. The van der Waals surface area contributed by atoms with Crippen molar-refractivity contribution in [3.05, 3.63) is 27.7 Å². The maximum Gasteiger partial charge on any atom is 0.216 e. The molecule has 2 atom stereocenters. The van der Waals surface area contributed by atoms with Gasteiger partial charge in [-0.3, -0.25) is 4.79 Å². The predicted molar refractivity (Wildman–Crippen MR) is 75.1 cm³/mol. The van der Waals surface area contributed by atoms with Crippen LogP contribution in [0.3, 0.4) is 0 Å². The summed E-state index contributed by atoms with van der Waals surface area (Å²) < 4.78 is 0. The van der Waals surface area contributed by atoms with Crippen LogP contribution in [-0.4, -0.2) is 28.8 Å². The number of carbonyl (C=O) groups excluding carboxylic acids is 1. The van der Waals surface area contributed by atoms with Crippen LogP contribution in [0.2, 0.25) is 10.0 Å². The molecule has 1 aromatic rings. The zero-order chi connectivity index (χ0) is 14.6. The number of carbonyl (C=O) groups is 1. The number of halogens is 2. The van der Waals surface area contributed by atoms with Crippen LogP contribution in [0, 0.1) is 0 Å². The first-order chi connectivity index (χ1) is 8.82. The Morgan fingerprint density at radius 1 is 1.37 bits per heavy atom. The van der Waals surface area contributed by atoms with Gasteiger partial charge in [0.2, 0.25) is 5.91 Å². The van der Waals surface area contributed by atoms with E-state index in [9.17, 15) is 15.0 Å². The largest absolute Gasteiger partial charge is 0.396 e. The van der Waals surface area contributed by atoms with E-state index < -0.39 is 12.2 Å². The Morgan fingerprint density at radius 2 is 1.89 bits per heavy atom. The van der Waals surface area contributed by atoms with E-state index >= 15 is 0 Å². The molecule has 0 aliphatic rings. The minimum absolute atomic E-state index is 0.194. The van der Waals surface area contributed by atoms with Crippen molar-refractivity contribution in [2.45, 2.75) is 25.6 Å². The second-order valence-corrected chi connectivity index (χ2v) is 5.00. The zero-order valence-electron chi connectivity index (χ0n) is 10.4. The summed E-state index contributed by atoms with van der Waals surface area (Å²) in [6.07, 6.45) is -1.98. The number of nitrogens with one attached hydrogen (secondary N) is 1. The van der Waals surface area contributed by atoms with Gasteiger partial charge < -0.3 is 21.3 Å². The van der Waals surface area contributed by atoms with E-state index in [1.807, 2.05) is 0 Å². The third kappa shape index (κ3) is 4.54. The van der Waals surface area contributed by atoms with E-state index in [0.29, 0.717) is 5.56 Å². The summed E-state index contributed by atoms with van der Waals surface area (Å²) in [4.78, 5) is 10.7. The number of benzene rings is 1. The highest BCUT2D eigenvalue weighted by molar-refractivity contribution is 6.38. The molecule has 0 fully saturated rings. The number of hydrogen-bond donors (Lipinski definition) is 4. The van der Waals surface area contributed by atoms with Crippen LogP contribution in [0.5, 0.6) is 0 Å². The quantitative estimate of drug-likeness (QED) is 0.620. The fourth-order valence-corrected chi connectivity index (χ4v) is 2.05. The van der Waals surface area contributed by atoms with Crippen molar-refractivity contribution >= 4 is 34.8 Å². The van der Waals surface area contributed by atoms with Crippen LogP contribution in [0.25, 0.3) is 0 Å². The van der Waals surface area contributed by atoms with Crippen molar-refractivity contribution in [2.75, 3.05) is 12.3 Å². The van der Waals surface area contributed by atoms with Gasteiger partial charge in [0.05, 0.1) is 21.8 Å². The molecule has 7 heteroatoms. The highest BCUT2D eigenvalue weighted by atomic mass is 35.5. The minimum atomic E-state index is -1.15. The summed E-state index contributed by atoms with van der Waals surface area (Å²) in [5.41, 5.74) is 6.19. The van der Waals surface area contributed by atoms with Crippen LogP contribution in [0.15, 0.2) is 12.1 Å². The van der Waals surface area contributed by atoms with Crippen molar-refractivity contribution in [3.63, 3.8) is 0 Å². The smallest absolute Gasteiger partial charge is 0.216 e. The fraction of sp³-hybridized carbons (Fsp3) is 0.417. The molecular weight excluding hydrogens is 291 g/mol. The van der Waals surface area contributed by atoms with Gasteiger partial charge in [0, 0.05) is 13.5 Å². The van der Waals surface area contributed by atoms with Crippen molar-refractivity contribution in [2.24, 2.45) is 0 Å². The molecule has 0 spiro atoms. The van der Waals surface area contributed by atoms with Gasteiger partial charge >= 0.3 is 0 Å². The van der Waals surface area contributed by atoms with E-state index in [1.54, 1.807) is 0 Å². The van der Waals surface area contributed by atoms with Gasteiger partial charge in [-0.25, -0.2) is 0 Å². The predicted octanol–water partition coefficient (Wildman–Crippen LogP) is 1.50. The summed E-state index contributed by atoms with van der Waals surface area (Å²) in [5.74, 6) is -0.194. The molecule has 0 bridgehead atoms. The maximum absolute atomic E-state index is 10.7. The number of nitrogens with two attached hydrogens (primary N) is 1. The normalized spacial score (nSPS) is 13.9. The minimum Gasteiger partial charge on any atom is -0.396 e. The topological polar surface area (TPSA) is 95.6 Å². The fourth-order valence-electron chi connectivity index (χ4n) is 1.55. The Morgan fingerprint density at radius 3 is 2.37 bits per heavy atom. The second-order valence-electron chi connectivity index (χ2n) is 4.18. The Hall–Kier alpha value is -1.01. The molecule has 0 aliphatic carbocycles. The molecular formula is C12H16Cl2N2O3. The van der Waals surface area contributed by atoms with Crippen molar-refractivity contribution < 1.29 is 15.0 Å². The average molecular weight is 307 g/mol. The van der Waals surface area contributed by atoms with Crippen LogP contribution < -0.4 is 11.1 Å². The molecule has 0 aromatic heterocycles. The summed E-state index contributed by atoms with van der Waals surface area (Å²) in [6.45, 7) is 1.65. The Balaban J connectivity index is 2.71. The first kappa shape index (κ1) is 16.0. The van der Waals surface area contributed by atoms with E-state index in [0.717, 1.165) is 0 Å².